The summed E-state index contributed by atoms with van der Waals surface area (Å²) in [6, 6.07) is 0. The van der Waals surface area contributed by atoms with Gasteiger partial charge in [0.25, 0.3) is 0 Å². The minimum absolute atomic E-state index is 0.0532. The lowest BCUT2D eigenvalue weighted by Crippen LogP contribution is -2.25. The van der Waals surface area contributed by atoms with E-state index in [1.54, 1.807) is 0 Å². The third-order valence-electron chi connectivity index (χ3n) is 5.71. The SMILES string of the molecule is CCCCCCC[C@@H]1[C@@H](/C=C/[C@H](O)CCC=C(C)C)[C@H](OC(C)=O)C[C@@H]1OC(C)=O. The van der Waals surface area contributed by atoms with Crippen LogP contribution < -0.4 is 0 Å². The third-order valence-corrected chi connectivity index (χ3v) is 5.71. The standard InChI is InChI=1S/C25H42O5/c1-6-7-8-9-10-14-22-23(16-15-21(28)13-11-12-18(2)3)25(30-20(5)27)17-24(22)29-19(4)26/h12,15-16,21-25,28H,6-11,13-14,17H2,1-5H3/b16-15+/t21-,22-,23-,24+,25-/m1/s1. The molecular weight excluding hydrogens is 380 g/mol. The lowest BCUT2D eigenvalue weighted by Gasteiger charge is -2.24. The van der Waals surface area contributed by atoms with Gasteiger partial charge in [0.15, 0.2) is 0 Å². The summed E-state index contributed by atoms with van der Waals surface area (Å²) in [6.07, 6.45) is 13.6. The van der Waals surface area contributed by atoms with Crippen molar-refractivity contribution in [1.29, 1.82) is 0 Å². The normalized spacial score (nSPS) is 24.6. The van der Waals surface area contributed by atoms with Gasteiger partial charge in [-0.05, 0) is 33.1 Å². The van der Waals surface area contributed by atoms with E-state index in [-0.39, 0.29) is 36.0 Å². The zero-order chi connectivity index (χ0) is 22.5. The molecule has 1 aliphatic rings. The van der Waals surface area contributed by atoms with Crippen molar-refractivity contribution in [3.05, 3.63) is 23.8 Å². The molecule has 0 heterocycles. The molecule has 0 saturated heterocycles. The van der Waals surface area contributed by atoms with Gasteiger partial charge in [0.1, 0.15) is 12.2 Å². The molecule has 1 N–H and O–H groups in total. The van der Waals surface area contributed by atoms with Crippen LogP contribution >= 0.6 is 0 Å². The average molecular weight is 423 g/mol. The van der Waals surface area contributed by atoms with Gasteiger partial charge in [-0.15, -0.1) is 0 Å². The van der Waals surface area contributed by atoms with Crippen LogP contribution in [0.2, 0.25) is 0 Å². The van der Waals surface area contributed by atoms with Crippen molar-refractivity contribution >= 4 is 11.9 Å². The fourth-order valence-electron chi connectivity index (χ4n) is 4.30. The van der Waals surface area contributed by atoms with E-state index < -0.39 is 6.10 Å². The molecule has 0 amide bonds. The number of carbonyl (C=O) groups is 2. The second kappa shape index (κ2) is 14.4. The van der Waals surface area contributed by atoms with Gasteiger partial charge in [-0.2, -0.15) is 0 Å². The quantitative estimate of drug-likeness (QED) is 0.241. The smallest absolute Gasteiger partial charge is 0.302 e. The molecule has 0 aromatic carbocycles. The van der Waals surface area contributed by atoms with Gasteiger partial charge in [0, 0.05) is 32.1 Å². The van der Waals surface area contributed by atoms with Gasteiger partial charge in [-0.3, -0.25) is 9.59 Å². The highest BCUT2D eigenvalue weighted by Crippen LogP contribution is 2.41. The molecule has 5 atom stereocenters. The molecular formula is C25H42O5. The molecule has 1 rings (SSSR count). The summed E-state index contributed by atoms with van der Waals surface area (Å²) < 4.78 is 11.2. The molecule has 0 aliphatic heterocycles. The Kier molecular flexibility index (Phi) is 12.7. The van der Waals surface area contributed by atoms with Crippen LogP contribution in [0, 0.1) is 11.8 Å². The molecule has 5 heteroatoms. The molecule has 172 valence electrons. The molecule has 1 aliphatic carbocycles. The maximum Gasteiger partial charge on any atom is 0.302 e. The molecule has 0 radical (unpaired) electrons. The number of hydrogen-bond acceptors (Lipinski definition) is 5. The van der Waals surface area contributed by atoms with Crippen molar-refractivity contribution < 1.29 is 24.2 Å². The van der Waals surface area contributed by atoms with Gasteiger partial charge in [-0.25, -0.2) is 0 Å². The molecule has 1 fully saturated rings. The van der Waals surface area contributed by atoms with E-state index in [1.807, 2.05) is 26.0 Å². The Labute approximate surface area is 182 Å². The fourth-order valence-corrected chi connectivity index (χ4v) is 4.30. The van der Waals surface area contributed by atoms with E-state index in [4.69, 9.17) is 9.47 Å². The van der Waals surface area contributed by atoms with Crippen molar-refractivity contribution in [2.45, 2.75) is 111 Å². The number of carbonyl (C=O) groups excluding carboxylic acids is 2. The lowest BCUT2D eigenvalue weighted by molar-refractivity contribution is -0.149. The molecule has 0 bridgehead atoms. The summed E-state index contributed by atoms with van der Waals surface area (Å²) in [7, 11) is 0. The predicted molar refractivity (Wildman–Crippen MR) is 120 cm³/mol. The van der Waals surface area contributed by atoms with E-state index in [0.29, 0.717) is 12.8 Å². The van der Waals surface area contributed by atoms with E-state index in [1.165, 1.54) is 38.7 Å². The van der Waals surface area contributed by atoms with Crippen LogP contribution in [0.5, 0.6) is 0 Å². The van der Waals surface area contributed by atoms with E-state index in [9.17, 15) is 14.7 Å². The second-order valence-corrected chi connectivity index (χ2v) is 8.79. The average Bonchev–Trinajstić information content (AvgIpc) is 2.94. The molecule has 1 saturated carbocycles. The van der Waals surface area contributed by atoms with Crippen molar-refractivity contribution in [3.63, 3.8) is 0 Å². The van der Waals surface area contributed by atoms with E-state index in [2.05, 4.69) is 13.0 Å². The van der Waals surface area contributed by atoms with Gasteiger partial charge in [0.05, 0.1) is 6.10 Å². The van der Waals surface area contributed by atoms with Crippen LogP contribution in [0.3, 0.4) is 0 Å². The van der Waals surface area contributed by atoms with Crippen molar-refractivity contribution in [1.82, 2.24) is 0 Å². The van der Waals surface area contributed by atoms with Crippen molar-refractivity contribution in [2.24, 2.45) is 11.8 Å². The van der Waals surface area contributed by atoms with Crippen LogP contribution in [-0.4, -0.2) is 35.4 Å². The Morgan fingerprint density at radius 3 is 2.23 bits per heavy atom. The minimum atomic E-state index is -0.545. The highest BCUT2D eigenvalue weighted by atomic mass is 16.6. The first-order chi connectivity index (χ1) is 14.2. The second-order valence-electron chi connectivity index (χ2n) is 8.79. The topological polar surface area (TPSA) is 72.8 Å². The van der Waals surface area contributed by atoms with Crippen molar-refractivity contribution in [3.8, 4) is 0 Å². The fraction of sp³-hybridized carbons (Fsp3) is 0.760. The Hall–Kier alpha value is -1.62. The lowest BCUT2D eigenvalue weighted by atomic mass is 9.87. The Morgan fingerprint density at radius 2 is 1.63 bits per heavy atom. The summed E-state index contributed by atoms with van der Waals surface area (Å²) in [4.78, 5) is 23.3. The van der Waals surface area contributed by atoms with Gasteiger partial charge < -0.3 is 14.6 Å². The molecule has 0 spiro atoms. The number of ether oxygens (including phenoxy) is 2. The summed E-state index contributed by atoms with van der Waals surface area (Å²) in [5.74, 6) is -0.583. The number of hydrogen-bond donors (Lipinski definition) is 1. The van der Waals surface area contributed by atoms with Crippen LogP contribution in [0.15, 0.2) is 23.8 Å². The van der Waals surface area contributed by atoms with Gasteiger partial charge >= 0.3 is 11.9 Å². The molecule has 0 unspecified atom stereocenters. The maximum atomic E-state index is 11.6. The largest absolute Gasteiger partial charge is 0.462 e. The Morgan fingerprint density at radius 1 is 1.00 bits per heavy atom. The number of aliphatic hydroxyl groups excluding tert-OH is 1. The third kappa shape index (κ3) is 10.4. The molecule has 0 aromatic heterocycles. The first kappa shape index (κ1) is 26.4. The predicted octanol–water partition coefficient (Wildman–Crippen LogP) is 5.51. The number of allylic oxidation sites excluding steroid dienone is 2. The van der Waals surface area contributed by atoms with E-state index in [0.717, 1.165) is 25.7 Å². The molecule has 5 nitrogen and oxygen atoms in total. The number of aliphatic hydroxyl groups is 1. The van der Waals surface area contributed by atoms with Gasteiger partial charge in [0.2, 0.25) is 0 Å². The number of rotatable bonds is 13. The van der Waals surface area contributed by atoms with E-state index >= 15 is 0 Å². The summed E-state index contributed by atoms with van der Waals surface area (Å²) in [5.41, 5.74) is 1.24. The summed E-state index contributed by atoms with van der Waals surface area (Å²) in [6.45, 7) is 9.12. The molecule has 30 heavy (non-hydrogen) atoms. The maximum absolute atomic E-state index is 11.6. The highest BCUT2D eigenvalue weighted by molar-refractivity contribution is 5.67. The highest BCUT2D eigenvalue weighted by Gasteiger charge is 2.45. The first-order valence-corrected chi connectivity index (χ1v) is 11.6. The number of unbranched alkanes of at least 4 members (excludes halogenated alkanes) is 4. The zero-order valence-corrected chi connectivity index (χ0v) is 19.6. The van der Waals surface area contributed by atoms with Crippen LogP contribution in [0.25, 0.3) is 0 Å². The van der Waals surface area contributed by atoms with Crippen LogP contribution in [-0.2, 0) is 19.1 Å². The van der Waals surface area contributed by atoms with Crippen LogP contribution in [0.1, 0.15) is 92.4 Å². The number of esters is 2. The van der Waals surface area contributed by atoms with Crippen molar-refractivity contribution in [2.75, 3.05) is 0 Å². The molecule has 0 aromatic rings. The first-order valence-electron chi connectivity index (χ1n) is 11.6. The zero-order valence-electron chi connectivity index (χ0n) is 19.6. The Balaban J connectivity index is 2.88. The monoisotopic (exact) mass is 422 g/mol. The van der Waals surface area contributed by atoms with Gasteiger partial charge in [-0.1, -0.05) is 62.8 Å². The minimum Gasteiger partial charge on any atom is -0.462 e. The summed E-state index contributed by atoms with van der Waals surface area (Å²) in [5, 5.41) is 10.4. The summed E-state index contributed by atoms with van der Waals surface area (Å²) >= 11 is 0. The Bertz CT molecular complexity index is 576. The van der Waals surface area contributed by atoms with Crippen LogP contribution in [0.4, 0.5) is 0 Å².